The summed E-state index contributed by atoms with van der Waals surface area (Å²) < 4.78 is 0. The summed E-state index contributed by atoms with van der Waals surface area (Å²) in [6.45, 7) is 0.525. The summed E-state index contributed by atoms with van der Waals surface area (Å²) in [5, 5.41) is 8.08. The number of rotatable bonds is 3. The fraction of sp³-hybridized carbons (Fsp3) is 0.333. The molecule has 0 bridgehead atoms. The maximum atomic E-state index is 12.0. The van der Waals surface area contributed by atoms with Gasteiger partial charge in [0.15, 0.2) is 0 Å². The molecule has 1 unspecified atom stereocenters. The highest BCUT2D eigenvalue weighted by atomic mass is 32.1. The van der Waals surface area contributed by atoms with Crippen molar-refractivity contribution < 1.29 is 4.79 Å². The first kappa shape index (κ1) is 13.1. The molecule has 0 aliphatic heterocycles. The Labute approximate surface area is 122 Å². The van der Waals surface area contributed by atoms with E-state index in [4.69, 9.17) is 0 Å². The summed E-state index contributed by atoms with van der Waals surface area (Å²) in [7, 11) is 0. The number of hydrogen-bond acceptors (Lipinski definition) is 3. The minimum absolute atomic E-state index is 0.106. The van der Waals surface area contributed by atoms with E-state index in [0.717, 1.165) is 24.8 Å². The molecule has 1 atom stereocenters. The number of aryl methyl sites for hydroxylation is 1. The van der Waals surface area contributed by atoms with E-state index in [1.165, 1.54) is 10.4 Å². The van der Waals surface area contributed by atoms with Gasteiger partial charge in [-0.25, -0.2) is 4.79 Å². The van der Waals surface area contributed by atoms with Crippen LogP contribution in [0.3, 0.4) is 0 Å². The maximum Gasteiger partial charge on any atom is 0.315 e. The Balaban J connectivity index is 1.55. The Morgan fingerprint density at radius 2 is 2.20 bits per heavy atom. The van der Waals surface area contributed by atoms with Gasteiger partial charge in [-0.1, -0.05) is 0 Å². The first-order chi connectivity index (χ1) is 9.83. The lowest BCUT2D eigenvalue weighted by Crippen LogP contribution is -2.38. The minimum atomic E-state index is -0.106. The Kier molecular flexibility index (Phi) is 3.97. The van der Waals surface area contributed by atoms with E-state index in [-0.39, 0.29) is 12.1 Å². The van der Waals surface area contributed by atoms with Gasteiger partial charge in [-0.15, -0.1) is 11.3 Å². The second-order valence-electron chi connectivity index (χ2n) is 4.93. The lowest BCUT2D eigenvalue weighted by atomic mass is 9.94. The zero-order chi connectivity index (χ0) is 13.8. The molecule has 2 N–H and O–H groups in total. The number of urea groups is 1. The molecule has 2 amide bonds. The van der Waals surface area contributed by atoms with Crippen LogP contribution in [0.1, 0.15) is 34.9 Å². The predicted molar refractivity (Wildman–Crippen MR) is 79.6 cm³/mol. The summed E-state index contributed by atoms with van der Waals surface area (Å²) in [5.41, 5.74) is 2.34. The fourth-order valence-electron chi connectivity index (χ4n) is 2.53. The molecule has 4 nitrogen and oxygen atoms in total. The quantitative estimate of drug-likeness (QED) is 0.911. The van der Waals surface area contributed by atoms with Crippen LogP contribution >= 0.6 is 11.3 Å². The Morgan fingerprint density at radius 1 is 1.35 bits per heavy atom. The second kappa shape index (κ2) is 6.05. The number of carbonyl (C=O) groups is 1. The molecule has 0 aromatic carbocycles. The van der Waals surface area contributed by atoms with Gasteiger partial charge in [-0.2, -0.15) is 0 Å². The van der Waals surface area contributed by atoms with Crippen LogP contribution in [0.5, 0.6) is 0 Å². The van der Waals surface area contributed by atoms with Crippen LogP contribution < -0.4 is 10.6 Å². The maximum absolute atomic E-state index is 12.0. The van der Waals surface area contributed by atoms with E-state index in [9.17, 15) is 4.79 Å². The van der Waals surface area contributed by atoms with Crippen molar-refractivity contribution in [2.75, 3.05) is 0 Å². The number of fused-ring (bicyclic) bond motifs is 1. The first-order valence-electron chi connectivity index (χ1n) is 6.82. The van der Waals surface area contributed by atoms with Gasteiger partial charge in [-0.3, -0.25) is 4.98 Å². The lowest BCUT2D eigenvalue weighted by Gasteiger charge is -2.23. The molecular weight excluding hydrogens is 270 g/mol. The topological polar surface area (TPSA) is 54.0 Å². The third-order valence-corrected chi connectivity index (χ3v) is 4.56. The van der Waals surface area contributed by atoms with E-state index in [0.29, 0.717) is 6.54 Å². The van der Waals surface area contributed by atoms with Gasteiger partial charge >= 0.3 is 6.03 Å². The SMILES string of the molecule is O=C(NCc1ccncc1)NC1CCCc2sccc21. The van der Waals surface area contributed by atoms with Crippen LogP contribution in [0.4, 0.5) is 4.79 Å². The molecule has 5 heteroatoms. The van der Waals surface area contributed by atoms with Gasteiger partial charge in [0.05, 0.1) is 6.04 Å². The molecule has 1 aliphatic rings. The summed E-state index contributed by atoms with van der Waals surface area (Å²) in [5.74, 6) is 0. The Morgan fingerprint density at radius 3 is 3.05 bits per heavy atom. The van der Waals surface area contributed by atoms with E-state index in [1.54, 1.807) is 23.7 Å². The monoisotopic (exact) mass is 287 g/mol. The number of carbonyl (C=O) groups excluding carboxylic acids is 1. The molecule has 2 aromatic heterocycles. The standard InChI is InChI=1S/C15H17N3OS/c19-15(17-10-11-4-7-16-8-5-11)18-13-2-1-3-14-12(13)6-9-20-14/h4-9,13H,1-3,10H2,(H2,17,18,19). The molecule has 0 fully saturated rings. The molecule has 2 heterocycles. The third-order valence-electron chi connectivity index (χ3n) is 3.56. The molecule has 0 saturated heterocycles. The van der Waals surface area contributed by atoms with Crippen molar-refractivity contribution in [2.24, 2.45) is 0 Å². The molecule has 1 aliphatic carbocycles. The average molecular weight is 287 g/mol. The summed E-state index contributed by atoms with van der Waals surface area (Å²) >= 11 is 1.79. The van der Waals surface area contributed by atoms with E-state index < -0.39 is 0 Å². The summed E-state index contributed by atoms with van der Waals surface area (Å²) in [6, 6.07) is 5.98. The van der Waals surface area contributed by atoms with E-state index in [2.05, 4.69) is 27.1 Å². The summed E-state index contributed by atoms with van der Waals surface area (Å²) in [6.07, 6.45) is 6.76. The van der Waals surface area contributed by atoms with Gasteiger partial charge in [0.1, 0.15) is 0 Å². The number of hydrogen-bond donors (Lipinski definition) is 2. The van der Waals surface area contributed by atoms with Gasteiger partial charge in [0.25, 0.3) is 0 Å². The van der Waals surface area contributed by atoms with Gasteiger partial charge in [-0.05, 0) is 54.0 Å². The number of amides is 2. The highest BCUT2D eigenvalue weighted by molar-refractivity contribution is 7.10. The highest BCUT2D eigenvalue weighted by Gasteiger charge is 2.22. The number of thiophene rings is 1. The van der Waals surface area contributed by atoms with Gasteiger partial charge in [0, 0.05) is 23.8 Å². The van der Waals surface area contributed by atoms with Crippen LogP contribution in [-0.4, -0.2) is 11.0 Å². The summed E-state index contributed by atoms with van der Waals surface area (Å²) in [4.78, 5) is 17.4. The normalized spacial score (nSPS) is 17.3. The van der Waals surface area contributed by atoms with Crippen LogP contribution in [0.25, 0.3) is 0 Å². The van der Waals surface area contributed by atoms with Crippen LogP contribution in [-0.2, 0) is 13.0 Å². The number of nitrogens with one attached hydrogen (secondary N) is 2. The van der Waals surface area contributed by atoms with Crippen molar-refractivity contribution >= 4 is 17.4 Å². The van der Waals surface area contributed by atoms with Gasteiger partial charge in [0.2, 0.25) is 0 Å². The molecule has 0 radical (unpaired) electrons. The van der Waals surface area contributed by atoms with Crippen molar-refractivity contribution in [2.45, 2.75) is 31.8 Å². The van der Waals surface area contributed by atoms with Crippen molar-refractivity contribution in [3.63, 3.8) is 0 Å². The largest absolute Gasteiger partial charge is 0.334 e. The Bertz CT molecular complexity index is 582. The molecular formula is C15H17N3OS. The van der Waals surface area contributed by atoms with E-state index >= 15 is 0 Å². The second-order valence-corrected chi connectivity index (χ2v) is 5.93. The van der Waals surface area contributed by atoms with Crippen molar-refractivity contribution in [3.05, 3.63) is 52.0 Å². The van der Waals surface area contributed by atoms with Crippen LogP contribution in [0, 0.1) is 0 Å². The number of aromatic nitrogens is 1. The zero-order valence-corrected chi connectivity index (χ0v) is 12.0. The molecule has 104 valence electrons. The van der Waals surface area contributed by atoms with Crippen LogP contribution in [0.2, 0.25) is 0 Å². The van der Waals surface area contributed by atoms with Crippen molar-refractivity contribution in [1.82, 2.24) is 15.6 Å². The molecule has 2 aromatic rings. The fourth-order valence-corrected chi connectivity index (χ4v) is 3.52. The average Bonchev–Trinajstić information content (AvgIpc) is 2.96. The predicted octanol–water partition coefficient (Wildman–Crippen LogP) is 3.02. The third kappa shape index (κ3) is 2.99. The Hall–Kier alpha value is -1.88. The smallest absolute Gasteiger partial charge is 0.315 e. The van der Waals surface area contributed by atoms with Crippen molar-refractivity contribution in [1.29, 1.82) is 0 Å². The van der Waals surface area contributed by atoms with Crippen LogP contribution in [0.15, 0.2) is 36.0 Å². The zero-order valence-electron chi connectivity index (χ0n) is 11.1. The van der Waals surface area contributed by atoms with Gasteiger partial charge < -0.3 is 10.6 Å². The molecule has 20 heavy (non-hydrogen) atoms. The lowest BCUT2D eigenvalue weighted by molar-refractivity contribution is 0.235. The highest BCUT2D eigenvalue weighted by Crippen LogP contribution is 2.33. The molecule has 0 spiro atoms. The number of nitrogens with zero attached hydrogens (tertiary/aromatic N) is 1. The molecule has 3 rings (SSSR count). The van der Waals surface area contributed by atoms with Crippen molar-refractivity contribution in [3.8, 4) is 0 Å². The first-order valence-corrected chi connectivity index (χ1v) is 7.70. The number of pyridine rings is 1. The minimum Gasteiger partial charge on any atom is -0.334 e. The van der Waals surface area contributed by atoms with E-state index in [1.807, 2.05) is 12.1 Å². The molecule has 0 saturated carbocycles.